The van der Waals surface area contributed by atoms with Crippen molar-refractivity contribution in [3.63, 3.8) is 0 Å². The number of aliphatic imine (C=N–C) groups is 1. The summed E-state index contributed by atoms with van der Waals surface area (Å²) in [5.41, 5.74) is 7.61. The van der Waals surface area contributed by atoms with E-state index in [0.29, 0.717) is 28.7 Å². The first-order valence-electron chi connectivity index (χ1n) is 10.3. The average Bonchev–Trinajstić information content (AvgIpc) is 3.23. The van der Waals surface area contributed by atoms with E-state index in [0.717, 1.165) is 12.4 Å². The number of hydrazone groups is 1. The lowest BCUT2D eigenvalue weighted by atomic mass is 10.1. The molecule has 4 aromatic rings. The number of anilines is 1. The first-order valence-corrected chi connectivity index (χ1v) is 10.3. The van der Waals surface area contributed by atoms with Crippen molar-refractivity contribution < 1.29 is 17.6 Å². The van der Waals surface area contributed by atoms with Crippen LogP contribution in [0.5, 0.6) is 0 Å². The molecular formula is C22H19F4N9. The smallest absolute Gasteiger partial charge is 0.383 e. The summed E-state index contributed by atoms with van der Waals surface area (Å²) in [5, 5.41) is 4.23. The number of hydrogen-bond acceptors (Lipinski definition) is 8. The summed E-state index contributed by atoms with van der Waals surface area (Å²) in [6, 6.07) is 5.45. The number of nitrogens with zero attached hydrogens (tertiary/aromatic N) is 7. The molecule has 35 heavy (non-hydrogen) atoms. The van der Waals surface area contributed by atoms with Crippen LogP contribution in [0.2, 0.25) is 0 Å². The van der Waals surface area contributed by atoms with Gasteiger partial charge in [-0.2, -0.15) is 18.3 Å². The van der Waals surface area contributed by atoms with Crippen LogP contribution in [0.3, 0.4) is 0 Å². The zero-order valence-electron chi connectivity index (χ0n) is 18.3. The molecule has 1 aromatic carbocycles. The lowest BCUT2D eigenvalue weighted by Gasteiger charge is -2.17. The van der Waals surface area contributed by atoms with Crippen LogP contribution in [-0.2, 0) is 6.18 Å². The number of alkyl halides is 3. The van der Waals surface area contributed by atoms with Gasteiger partial charge in [0.15, 0.2) is 0 Å². The Kier molecular flexibility index (Phi) is 6.40. The molecule has 0 saturated heterocycles. The van der Waals surface area contributed by atoms with Crippen LogP contribution < -0.4 is 11.6 Å². The molecule has 13 heteroatoms. The maximum absolute atomic E-state index is 14.0. The van der Waals surface area contributed by atoms with E-state index in [9.17, 15) is 17.6 Å². The number of nitrogens with two attached hydrogens (primary N) is 2. The first-order chi connectivity index (χ1) is 16.7. The van der Waals surface area contributed by atoms with Gasteiger partial charge in [0.25, 0.3) is 0 Å². The van der Waals surface area contributed by atoms with Gasteiger partial charge in [-0.1, -0.05) is 19.1 Å². The fraction of sp³-hybridized carbons (Fsp3) is 0.182. The molecule has 4 N–H and O–H groups in total. The van der Waals surface area contributed by atoms with Crippen molar-refractivity contribution in [2.45, 2.75) is 25.6 Å². The van der Waals surface area contributed by atoms with Gasteiger partial charge >= 0.3 is 6.18 Å². The Morgan fingerprint density at radius 2 is 1.86 bits per heavy atom. The predicted molar refractivity (Wildman–Crippen MR) is 123 cm³/mol. The number of fused-ring (bicyclic) bond motifs is 1. The number of para-hydroxylation sites is 1. The van der Waals surface area contributed by atoms with Crippen LogP contribution >= 0.6 is 0 Å². The lowest BCUT2D eigenvalue weighted by molar-refractivity contribution is -0.144. The first kappa shape index (κ1) is 23.7. The Balaban J connectivity index is 1.81. The van der Waals surface area contributed by atoms with Crippen LogP contribution in [0.25, 0.3) is 22.2 Å². The van der Waals surface area contributed by atoms with Gasteiger partial charge in [-0.3, -0.25) is 4.99 Å². The summed E-state index contributed by atoms with van der Waals surface area (Å²) in [6.45, 7) is 1.87. The van der Waals surface area contributed by atoms with E-state index < -0.39 is 23.9 Å². The zero-order valence-corrected chi connectivity index (χ0v) is 18.3. The zero-order chi connectivity index (χ0) is 25.2. The molecule has 1 atom stereocenters. The van der Waals surface area contributed by atoms with Crippen molar-refractivity contribution in [2.24, 2.45) is 15.9 Å². The minimum absolute atomic E-state index is 0.107. The molecule has 0 bridgehead atoms. The van der Waals surface area contributed by atoms with E-state index in [1.165, 1.54) is 24.7 Å². The second-order valence-corrected chi connectivity index (χ2v) is 7.39. The molecule has 1 unspecified atom stereocenters. The Labute approximate surface area is 196 Å². The molecule has 0 aliphatic heterocycles. The van der Waals surface area contributed by atoms with E-state index in [1.807, 2.05) is 6.92 Å². The van der Waals surface area contributed by atoms with E-state index in [1.54, 1.807) is 22.9 Å². The number of benzene rings is 1. The van der Waals surface area contributed by atoms with E-state index >= 15 is 0 Å². The van der Waals surface area contributed by atoms with Gasteiger partial charge < -0.3 is 16.1 Å². The molecule has 0 radical (unpaired) electrons. The lowest BCUT2D eigenvalue weighted by Crippen LogP contribution is -2.21. The van der Waals surface area contributed by atoms with Gasteiger partial charge in [-0.15, -0.1) is 0 Å². The third kappa shape index (κ3) is 4.65. The topological polar surface area (TPSA) is 133 Å². The molecule has 0 fully saturated rings. The standard InChI is InChI=1S/C22H19F4N9/c1-2-17(16(34-28)9-29-15-6-4-3-5-14(15)23)35-10-13(18-19(27)32-11-33-20(18)35)12-7-30-21(31-8-12)22(24,25)26/h3-11,17H,2,28H2,1H3,(H2,27,32,33). The summed E-state index contributed by atoms with van der Waals surface area (Å²) in [5.74, 6) is 3.99. The summed E-state index contributed by atoms with van der Waals surface area (Å²) in [4.78, 5) is 19.3. The molecule has 0 spiro atoms. The van der Waals surface area contributed by atoms with E-state index in [-0.39, 0.29) is 17.1 Å². The normalized spacial score (nSPS) is 13.6. The minimum atomic E-state index is -4.67. The molecule has 180 valence electrons. The third-order valence-corrected chi connectivity index (χ3v) is 5.26. The Morgan fingerprint density at radius 1 is 1.14 bits per heavy atom. The summed E-state index contributed by atoms with van der Waals surface area (Å²) >= 11 is 0. The summed E-state index contributed by atoms with van der Waals surface area (Å²) in [6.07, 6.45) is 2.16. The highest BCUT2D eigenvalue weighted by molar-refractivity contribution is 6.32. The van der Waals surface area contributed by atoms with Gasteiger partial charge in [0.1, 0.15) is 29.3 Å². The largest absolute Gasteiger partial charge is 0.451 e. The second-order valence-electron chi connectivity index (χ2n) is 7.39. The van der Waals surface area contributed by atoms with E-state index in [2.05, 4.69) is 30.0 Å². The summed E-state index contributed by atoms with van der Waals surface area (Å²) < 4.78 is 54.4. The van der Waals surface area contributed by atoms with Crippen molar-refractivity contribution in [3.05, 3.63) is 60.8 Å². The summed E-state index contributed by atoms with van der Waals surface area (Å²) in [7, 11) is 0. The maximum atomic E-state index is 14.0. The molecule has 0 amide bonds. The van der Waals surface area contributed by atoms with Crippen molar-refractivity contribution in [1.82, 2.24) is 24.5 Å². The highest BCUT2D eigenvalue weighted by atomic mass is 19.4. The number of nitrogen functional groups attached to an aromatic ring is 1. The van der Waals surface area contributed by atoms with Gasteiger partial charge in [0.05, 0.1) is 23.3 Å². The maximum Gasteiger partial charge on any atom is 0.451 e. The fourth-order valence-corrected chi connectivity index (χ4v) is 3.62. The monoisotopic (exact) mass is 485 g/mol. The Morgan fingerprint density at radius 3 is 2.49 bits per heavy atom. The van der Waals surface area contributed by atoms with Crippen molar-refractivity contribution >= 4 is 34.5 Å². The van der Waals surface area contributed by atoms with Crippen LogP contribution in [0, 0.1) is 5.82 Å². The Bertz CT molecular complexity index is 1410. The van der Waals surface area contributed by atoms with Crippen LogP contribution in [0.4, 0.5) is 29.1 Å². The molecule has 3 aromatic heterocycles. The molecule has 9 nitrogen and oxygen atoms in total. The quantitative estimate of drug-likeness (QED) is 0.181. The second kappa shape index (κ2) is 9.44. The molecule has 0 aliphatic carbocycles. The van der Waals surface area contributed by atoms with Crippen LogP contribution in [0.15, 0.2) is 59.3 Å². The van der Waals surface area contributed by atoms with E-state index in [4.69, 9.17) is 11.6 Å². The molecular weight excluding hydrogens is 466 g/mol. The number of rotatable bonds is 6. The van der Waals surface area contributed by atoms with Crippen molar-refractivity contribution in [3.8, 4) is 11.1 Å². The predicted octanol–water partition coefficient (Wildman–Crippen LogP) is 4.30. The van der Waals surface area contributed by atoms with Crippen LogP contribution in [0.1, 0.15) is 25.2 Å². The Hall–Kier alpha value is -4.42. The minimum Gasteiger partial charge on any atom is -0.383 e. The fourth-order valence-electron chi connectivity index (χ4n) is 3.62. The average molecular weight is 485 g/mol. The number of halogens is 4. The van der Waals surface area contributed by atoms with Crippen molar-refractivity contribution in [2.75, 3.05) is 5.73 Å². The van der Waals surface area contributed by atoms with Gasteiger partial charge in [0, 0.05) is 29.7 Å². The molecule has 0 aliphatic rings. The highest BCUT2D eigenvalue weighted by Gasteiger charge is 2.34. The number of hydrogen-bond donors (Lipinski definition) is 2. The molecule has 0 saturated carbocycles. The number of aromatic nitrogens is 5. The van der Waals surface area contributed by atoms with Crippen LogP contribution in [-0.4, -0.2) is 36.4 Å². The van der Waals surface area contributed by atoms with Gasteiger partial charge in [-0.05, 0) is 18.6 Å². The third-order valence-electron chi connectivity index (χ3n) is 5.26. The SMILES string of the molecule is CCC(C(C=Nc1ccccc1F)=NN)n1cc(-c2cnc(C(F)(F)F)nc2)c2c(N)ncnc21. The molecule has 3 heterocycles. The highest BCUT2D eigenvalue weighted by Crippen LogP contribution is 2.35. The van der Waals surface area contributed by atoms with Gasteiger partial charge in [-0.25, -0.2) is 24.3 Å². The van der Waals surface area contributed by atoms with Crippen molar-refractivity contribution in [1.29, 1.82) is 0 Å². The molecule has 4 rings (SSSR count). The van der Waals surface area contributed by atoms with Gasteiger partial charge in [0.2, 0.25) is 5.82 Å².